The summed E-state index contributed by atoms with van der Waals surface area (Å²) in [5.74, 6) is 0.730. The number of aryl methyl sites for hydroxylation is 1. The molecule has 0 saturated carbocycles. The average molecular weight is 330 g/mol. The van der Waals surface area contributed by atoms with E-state index in [0.29, 0.717) is 12.8 Å². The number of nitrogens with one attached hydrogen (secondary N) is 1. The van der Waals surface area contributed by atoms with Crippen LogP contribution in [0.5, 0.6) is 5.75 Å². The summed E-state index contributed by atoms with van der Waals surface area (Å²) in [5, 5.41) is 11.8. The summed E-state index contributed by atoms with van der Waals surface area (Å²) in [5.41, 5.74) is 0.990. The largest absolute Gasteiger partial charge is 0.496 e. The standard InChI is InChI=1S/C14H20BrNO3/c1-3-12(9-17)16-14(18)7-4-10-8-11(15)5-6-13(10)19-2/h5-6,8,12,17H,3-4,7,9H2,1-2H3,(H,16,18). The van der Waals surface area contributed by atoms with Gasteiger partial charge in [0.1, 0.15) is 5.75 Å². The second-order valence-corrected chi connectivity index (χ2v) is 5.23. The number of methoxy groups -OCH3 is 1. The molecule has 106 valence electrons. The molecule has 0 spiro atoms. The lowest BCUT2D eigenvalue weighted by atomic mass is 10.1. The molecule has 1 atom stereocenters. The van der Waals surface area contributed by atoms with Gasteiger partial charge in [0.25, 0.3) is 0 Å². The average Bonchev–Trinajstić information content (AvgIpc) is 2.42. The highest BCUT2D eigenvalue weighted by Gasteiger charge is 2.11. The van der Waals surface area contributed by atoms with Crippen LogP contribution in [-0.4, -0.2) is 30.8 Å². The lowest BCUT2D eigenvalue weighted by Gasteiger charge is -2.14. The molecule has 0 radical (unpaired) electrons. The topological polar surface area (TPSA) is 58.6 Å². The fourth-order valence-electron chi connectivity index (χ4n) is 1.77. The minimum absolute atomic E-state index is 0.0254. The maximum absolute atomic E-state index is 11.8. The number of halogens is 1. The van der Waals surface area contributed by atoms with E-state index in [1.165, 1.54) is 0 Å². The van der Waals surface area contributed by atoms with Gasteiger partial charge in [-0.2, -0.15) is 0 Å². The first-order valence-electron chi connectivity index (χ1n) is 6.33. The number of benzene rings is 1. The van der Waals surface area contributed by atoms with Gasteiger partial charge in [-0.25, -0.2) is 0 Å². The Bertz CT molecular complexity index is 419. The SMILES string of the molecule is CCC(CO)NC(=O)CCc1cc(Br)ccc1OC. The van der Waals surface area contributed by atoms with Gasteiger partial charge in [0.15, 0.2) is 0 Å². The van der Waals surface area contributed by atoms with E-state index in [9.17, 15) is 4.79 Å². The third-order valence-electron chi connectivity index (χ3n) is 2.94. The Kier molecular flexibility index (Phi) is 6.87. The van der Waals surface area contributed by atoms with Gasteiger partial charge in [0.05, 0.1) is 19.8 Å². The van der Waals surface area contributed by atoms with Gasteiger partial charge in [-0.3, -0.25) is 4.79 Å². The van der Waals surface area contributed by atoms with Crippen LogP contribution in [0, 0.1) is 0 Å². The molecule has 1 amide bonds. The molecule has 0 fully saturated rings. The van der Waals surface area contributed by atoms with E-state index in [1.54, 1.807) is 7.11 Å². The molecule has 0 aliphatic rings. The quantitative estimate of drug-likeness (QED) is 0.806. The highest BCUT2D eigenvalue weighted by atomic mass is 79.9. The first-order valence-corrected chi connectivity index (χ1v) is 7.12. The molecule has 1 aromatic carbocycles. The van der Waals surface area contributed by atoms with Crippen LogP contribution >= 0.6 is 15.9 Å². The van der Waals surface area contributed by atoms with E-state index in [4.69, 9.17) is 9.84 Å². The van der Waals surface area contributed by atoms with Crippen LogP contribution in [0.15, 0.2) is 22.7 Å². The summed E-state index contributed by atoms with van der Waals surface area (Å²) in [7, 11) is 1.62. The summed E-state index contributed by atoms with van der Waals surface area (Å²) >= 11 is 3.41. The summed E-state index contributed by atoms with van der Waals surface area (Å²) in [6, 6.07) is 5.58. The predicted octanol–water partition coefficient (Wildman–Crippen LogP) is 2.28. The Morgan fingerprint density at radius 2 is 2.26 bits per heavy atom. The Morgan fingerprint density at radius 3 is 2.84 bits per heavy atom. The van der Waals surface area contributed by atoms with Crippen LogP contribution in [-0.2, 0) is 11.2 Å². The van der Waals surface area contributed by atoms with Gasteiger partial charge in [-0.05, 0) is 36.6 Å². The molecule has 1 unspecified atom stereocenters. The monoisotopic (exact) mass is 329 g/mol. The molecule has 0 aliphatic carbocycles. The number of aliphatic hydroxyl groups is 1. The first-order chi connectivity index (χ1) is 9.10. The second kappa shape index (κ2) is 8.17. The van der Waals surface area contributed by atoms with Crippen LogP contribution in [0.25, 0.3) is 0 Å². The molecule has 4 nitrogen and oxygen atoms in total. The maximum atomic E-state index is 11.8. The minimum Gasteiger partial charge on any atom is -0.496 e. The maximum Gasteiger partial charge on any atom is 0.220 e. The van der Waals surface area contributed by atoms with Crippen molar-refractivity contribution in [2.45, 2.75) is 32.2 Å². The zero-order chi connectivity index (χ0) is 14.3. The summed E-state index contributed by atoms with van der Waals surface area (Å²) < 4.78 is 6.23. The number of hydrogen-bond acceptors (Lipinski definition) is 3. The van der Waals surface area contributed by atoms with Crippen LogP contribution in [0.3, 0.4) is 0 Å². The fraction of sp³-hybridized carbons (Fsp3) is 0.500. The Morgan fingerprint density at radius 1 is 1.53 bits per heavy atom. The molecule has 0 aliphatic heterocycles. The van der Waals surface area contributed by atoms with Gasteiger partial charge in [-0.1, -0.05) is 22.9 Å². The van der Waals surface area contributed by atoms with Gasteiger partial charge < -0.3 is 15.2 Å². The Labute approximate surface area is 122 Å². The number of amides is 1. The van der Waals surface area contributed by atoms with Crippen LogP contribution in [0.4, 0.5) is 0 Å². The van der Waals surface area contributed by atoms with Crippen LogP contribution < -0.4 is 10.1 Å². The second-order valence-electron chi connectivity index (χ2n) is 4.31. The highest BCUT2D eigenvalue weighted by Crippen LogP contribution is 2.24. The van der Waals surface area contributed by atoms with Gasteiger partial charge in [-0.15, -0.1) is 0 Å². The summed E-state index contributed by atoms with van der Waals surface area (Å²) in [6.07, 6.45) is 1.71. The number of rotatable bonds is 7. The molecule has 19 heavy (non-hydrogen) atoms. The number of carbonyl (C=O) groups is 1. The van der Waals surface area contributed by atoms with Crippen molar-refractivity contribution in [3.05, 3.63) is 28.2 Å². The van der Waals surface area contributed by atoms with Gasteiger partial charge in [0.2, 0.25) is 5.91 Å². The van der Waals surface area contributed by atoms with E-state index >= 15 is 0 Å². The summed E-state index contributed by atoms with van der Waals surface area (Å²) in [4.78, 5) is 11.8. The molecule has 1 aromatic rings. The molecule has 0 saturated heterocycles. The van der Waals surface area contributed by atoms with Gasteiger partial charge in [0, 0.05) is 10.9 Å². The molecular formula is C14H20BrNO3. The van der Waals surface area contributed by atoms with Crippen LogP contribution in [0.2, 0.25) is 0 Å². The van der Waals surface area contributed by atoms with Crippen molar-refractivity contribution >= 4 is 21.8 Å². The van der Waals surface area contributed by atoms with Crippen molar-refractivity contribution in [3.63, 3.8) is 0 Å². The molecule has 2 N–H and O–H groups in total. The van der Waals surface area contributed by atoms with Crippen molar-refractivity contribution in [2.75, 3.05) is 13.7 Å². The van der Waals surface area contributed by atoms with E-state index < -0.39 is 0 Å². The fourth-order valence-corrected chi connectivity index (χ4v) is 2.18. The molecule has 0 heterocycles. The van der Waals surface area contributed by atoms with Crippen molar-refractivity contribution in [1.29, 1.82) is 0 Å². The normalized spacial score (nSPS) is 12.0. The number of carbonyl (C=O) groups excluding carboxylic acids is 1. The lowest BCUT2D eigenvalue weighted by Crippen LogP contribution is -2.37. The Balaban J connectivity index is 2.56. The van der Waals surface area contributed by atoms with Gasteiger partial charge >= 0.3 is 0 Å². The van der Waals surface area contributed by atoms with E-state index in [0.717, 1.165) is 22.2 Å². The van der Waals surface area contributed by atoms with E-state index in [-0.39, 0.29) is 18.6 Å². The van der Waals surface area contributed by atoms with E-state index in [2.05, 4.69) is 21.2 Å². The lowest BCUT2D eigenvalue weighted by molar-refractivity contribution is -0.122. The van der Waals surface area contributed by atoms with Crippen molar-refractivity contribution in [1.82, 2.24) is 5.32 Å². The molecule has 5 heteroatoms. The van der Waals surface area contributed by atoms with Crippen molar-refractivity contribution < 1.29 is 14.6 Å². The van der Waals surface area contributed by atoms with Crippen molar-refractivity contribution in [3.8, 4) is 5.75 Å². The number of ether oxygens (including phenoxy) is 1. The number of aliphatic hydroxyl groups excluding tert-OH is 1. The zero-order valence-corrected chi connectivity index (χ0v) is 12.9. The van der Waals surface area contributed by atoms with Crippen molar-refractivity contribution in [2.24, 2.45) is 0 Å². The number of hydrogen-bond donors (Lipinski definition) is 2. The smallest absolute Gasteiger partial charge is 0.220 e. The minimum atomic E-state index is -0.156. The first kappa shape index (κ1) is 16.0. The molecule has 0 bridgehead atoms. The zero-order valence-electron chi connectivity index (χ0n) is 11.3. The van der Waals surface area contributed by atoms with Crippen LogP contribution in [0.1, 0.15) is 25.3 Å². The molecule has 0 aromatic heterocycles. The Hall–Kier alpha value is -1.07. The molecular weight excluding hydrogens is 310 g/mol. The third kappa shape index (κ3) is 5.20. The summed E-state index contributed by atoms with van der Waals surface area (Å²) in [6.45, 7) is 1.90. The highest BCUT2D eigenvalue weighted by molar-refractivity contribution is 9.10. The third-order valence-corrected chi connectivity index (χ3v) is 3.44. The predicted molar refractivity (Wildman–Crippen MR) is 78.3 cm³/mol. The molecule has 1 rings (SSSR count). The van der Waals surface area contributed by atoms with E-state index in [1.807, 2.05) is 25.1 Å².